The van der Waals surface area contributed by atoms with E-state index < -0.39 is 17.7 Å². The van der Waals surface area contributed by atoms with Crippen LogP contribution < -0.4 is 19.3 Å². The molecule has 3 aliphatic heterocycles. The molecule has 6 rings (SSSR count). The minimum absolute atomic E-state index is 0.0314. The summed E-state index contributed by atoms with van der Waals surface area (Å²) in [6.45, 7) is 4.64. The molecular weight excluding hydrogens is 472 g/mol. The average molecular weight is 501 g/mol. The number of aliphatic hydroxyl groups excluding tert-OH is 1. The number of furan rings is 1. The number of benzene rings is 2. The second kappa shape index (κ2) is 9.35. The monoisotopic (exact) mass is 500 g/mol. The molecule has 2 aromatic carbocycles. The third kappa shape index (κ3) is 4.12. The summed E-state index contributed by atoms with van der Waals surface area (Å²) in [5.41, 5.74) is 1.97. The maximum atomic E-state index is 13.4. The lowest BCUT2D eigenvalue weighted by atomic mass is 9.99. The number of hydrogen-bond donors (Lipinski definition) is 1. The first kappa shape index (κ1) is 23.2. The Balaban J connectivity index is 1.42. The minimum Gasteiger partial charge on any atom is -0.507 e. The number of carbonyl (C=O) groups is 2. The van der Waals surface area contributed by atoms with E-state index in [1.165, 1.54) is 11.3 Å². The molecule has 1 unspecified atom stereocenters. The third-order valence-corrected chi connectivity index (χ3v) is 7.14. The van der Waals surface area contributed by atoms with Gasteiger partial charge in [-0.3, -0.25) is 14.5 Å². The molecule has 0 spiro atoms. The molecule has 1 atom stereocenters. The highest BCUT2D eigenvalue weighted by molar-refractivity contribution is 6.51. The number of nitrogens with zero attached hydrogens (tertiary/aromatic N) is 2. The lowest BCUT2D eigenvalue weighted by Crippen LogP contribution is -2.30. The molecule has 1 aromatic heterocycles. The summed E-state index contributed by atoms with van der Waals surface area (Å²) in [6.07, 6.45) is 3.56. The van der Waals surface area contributed by atoms with E-state index in [4.69, 9.17) is 13.9 Å². The number of hydrogen-bond acceptors (Lipinski definition) is 7. The molecule has 4 heterocycles. The van der Waals surface area contributed by atoms with E-state index in [0.717, 1.165) is 31.6 Å². The van der Waals surface area contributed by atoms with Crippen molar-refractivity contribution in [1.29, 1.82) is 0 Å². The number of amides is 1. The fourth-order valence-corrected chi connectivity index (χ4v) is 5.29. The van der Waals surface area contributed by atoms with E-state index in [2.05, 4.69) is 4.90 Å². The predicted octanol–water partition coefficient (Wildman–Crippen LogP) is 4.98. The van der Waals surface area contributed by atoms with Crippen molar-refractivity contribution in [1.82, 2.24) is 0 Å². The number of carbonyl (C=O) groups excluding carboxylic acids is 2. The molecule has 2 fully saturated rings. The van der Waals surface area contributed by atoms with Gasteiger partial charge in [0.1, 0.15) is 36.5 Å². The van der Waals surface area contributed by atoms with Crippen LogP contribution >= 0.6 is 0 Å². The zero-order valence-electron chi connectivity index (χ0n) is 20.6. The highest BCUT2D eigenvalue weighted by Gasteiger charge is 2.48. The predicted molar refractivity (Wildman–Crippen MR) is 138 cm³/mol. The number of piperidine rings is 1. The van der Waals surface area contributed by atoms with E-state index in [1.54, 1.807) is 37.3 Å². The van der Waals surface area contributed by atoms with Crippen molar-refractivity contribution in [3.8, 4) is 11.5 Å². The van der Waals surface area contributed by atoms with Gasteiger partial charge in [-0.25, -0.2) is 0 Å². The summed E-state index contributed by atoms with van der Waals surface area (Å²) < 4.78 is 17.1. The van der Waals surface area contributed by atoms with Gasteiger partial charge in [0.05, 0.1) is 5.57 Å². The summed E-state index contributed by atoms with van der Waals surface area (Å²) in [5.74, 6) is 0.298. The maximum Gasteiger partial charge on any atom is 0.300 e. The van der Waals surface area contributed by atoms with Crippen LogP contribution in [-0.4, -0.2) is 43.1 Å². The van der Waals surface area contributed by atoms with Gasteiger partial charge in [0.15, 0.2) is 11.5 Å². The highest BCUT2D eigenvalue weighted by Crippen LogP contribution is 2.44. The van der Waals surface area contributed by atoms with Gasteiger partial charge in [0.25, 0.3) is 11.7 Å². The van der Waals surface area contributed by atoms with Crippen LogP contribution in [0.1, 0.15) is 42.4 Å². The first-order valence-electron chi connectivity index (χ1n) is 12.6. The highest BCUT2D eigenvalue weighted by atomic mass is 16.6. The number of ketones is 1. The van der Waals surface area contributed by atoms with E-state index >= 15 is 0 Å². The second-order valence-corrected chi connectivity index (χ2v) is 9.54. The fourth-order valence-electron chi connectivity index (χ4n) is 5.29. The Bertz CT molecular complexity index is 1380. The smallest absolute Gasteiger partial charge is 0.300 e. The van der Waals surface area contributed by atoms with Gasteiger partial charge in [0, 0.05) is 30.0 Å². The molecular formula is C29H28N2O6. The van der Waals surface area contributed by atoms with Crippen molar-refractivity contribution < 1.29 is 28.6 Å². The van der Waals surface area contributed by atoms with Gasteiger partial charge < -0.3 is 23.9 Å². The fraction of sp³-hybridized carbons (Fsp3) is 0.310. The van der Waals surface area contributed by atoms with Gasteiger partial charge in [-0.2, -0.15) is 0 Å². The molecule has 0 aliphatic carbocycles. The van der Waals surface area contributed by atoms with E-state index in [-0.39, 0.29) is 11.3 Å². The first-order chi connectivity index (χ1) is 18.0. The Morgan fingerprint density at radius 1 is 0.865 bits per heavy atom. The van der Waals surface area contributed by atoms with Gasteiger partial charge in [0.2, 0.25) is 0 Å². The Kier molecular flexibility index (Phi) is 5.87. The Hall–Kier alpha value is -4.20. The van der Waals surface area contributed by atoms with Crippen LogP contribution in [0.2, 0.25) is 0 Å². The molecule has 3 aliphatic rings. The number of aliphatic hydroxyl groups is 1. The van der Waals surface area contributed by atoms with Crippen LogP contribution in [0.4, 0.5) is 11.4 Å². The molecule has 2 saturated heterocycles. The molecule has 190 valence electrons. The quantitative estimate of drug-likeness (QED) is 0.307. The molecule has 0 saturated carbocycles. The average Bonchev–Trinajstić information content (AvgIpc) is 3.48. The van der Waals surface area contributed by atoms with Crippen LogP contribution in [0.5, 0.6) is 11.5 Å². The lowest BCUT2D eigenvalue weighted by Gasteiger charge is -2.29. The Morgan fingerprint density at radius 3 is 2.27 bits per heavy atom. The topological polar surface area (TPSA) is 92.4 Å². The van der Waals surface area contributed by atoms with Crippen molar-refractivity contribution in [3.05, 3.63) is 77.3 Å². The van der Waals surface area contributed by atoms with Crippen LogP contribution in [0, 0.1) is 6.92 Å². The van der Waals surface area contributed by atoms with Gasteiger partial charge >= 0.3 is 0 Å². The zero-order chi connectivity index (χ0) is 25.5. The summed E-state index contributed by atoms with van der Waals surface area (Å²) in [6, 6.07) is 15.2. The molecule has 1 amide bonds. The molecule has 0 bridgehead atoms. The summed E-state index contributed by atoms with van der Waals surface area (Å²) in [4.78, 5) is 30.5. The molecule has 3 aromatic rings. The van der Waals surface area contributed by atoms with E-state index in [1.807, 2.05) is 24.3 Å². The SMILES string of the molecule is Cc1ccc(C2/C(=C(/O)c3ccc4c(c3)OCCO4)C(=O)C(=O)N2c2ccc(N3CCCCC3)cc2)o1. The number of ether oxygens (including phenoxy) is 2. The lowest BCUT2D eigenvalue weighted by molar-refractivity contribution is -0.132. The van der Waals surface area contributed by atoms with Crippen LogP contribution in [0.3, 0.4) is 0 Å². The molecule has 8 heteroatoms. The summed E-state index contributed by atoms with van der Waals surface area (Å²) >= 11 is 0. The van der Waals surface area contributed by atoms with E-state index in [9.17, 15) is 14.7 Å². The van der Waals surface area contributed by atoms with E-state index in [0.29, 0.717) is 47.5 Å². The van der Waals surface area contributed by atoms with Crippen LogP contribution in [-0.2, 0) is 9.59 Å². The summed E-state index contributed by atoms with van der Waals surface area (Å²) in [7, 11) is 0. The number of fused-ring (bicyclic) bond motifs is 1. The van der Waals surface area contributed by atoms with Crippen LogP contribution in [0.25, 0.3) is 5.76 Å². The first-order valence-corrected chi connectivity index (χ1v) is 12.6. The molecule has 8 nitrogen and oxygen atoms in total. The van der Waals surface area contributed by atoms with Crippen molar-refractivity contribution in [3.63, 3.8) is 0 Å². The number of Topliss-reactive ketones (excluding diaryl/α,β-unsaturated/α-hetero) is 1. The molecule has 37 heavy (non-hydrogen) atoms. The van der Waals surface area contributed by atoms with Crippen molar-refractivity contribution >= 4 is 28.8 Å². The van der Waals surface area contributed by atoms with Crippen molar-refractivity contribution in [2.45, 2.75) is 32.2 Å². The van der Waals surface area contributed by atoms with Gasteiger partial charge in [-0.15, -0.1) is 0 Å². The third-order valence-electron chi connectivity index (χ3n) is 7.14. The van der Waals surface area contributed by atoms with Crippen molar-refractivity contribution in [2.24, 2.45) is 0 Å². The Morgan fingerprint density at radius 2 is 1.57 bits per heavy atom. The normalized spacial score (nSPS) is 20.9. The zero-order valence-corrected chi connectivity index (χ0v) is 20.6. The summed E-state index contributed by atoms with van der Waals surface area (Å²) in [5, 5.41) is 11.4. The number of aryl methyl sites for hydroxylation is 1. The second-order valence-electron chi connectivity index (χ2n) is 9.54. The minimum atomic E-state index is -0.914. The van der Waals surface area contributed by atoms with Gasteiger partial charge in [-0.1, -0.05) is 0 Å². The maximum absolute atomic E-state index is 13.4. The van der Waals surface area contributed by atoms with Gasteiger partial charge in [-0.05, 0) is 80.8 Å². The Labute approximate surface area is 214 Å². The van der Waals surface area contributed by atoms with Crippen LogP contribution in [0.15, 0.2) is 64.6 Å². The molecule has 0 radical (unpaired) electrons. The largest absolute Gasteiger partial charge is 0.507 e. The number of anilines is 2. The number of rotatable bonds is 4. The molecule has 1 N–H and O–H groups in total. The van der Waals surface area contributed by atoms with Crippen molar-refractivity contribution in [2.75, 3.05) is 36.1 Å². The standard InChI is InChI=1S/C29H28N2O6/c1-18-5-11-23(37-18)26-25(27(32)19-6-12-22-24(17-19)36-16-15-35-22)28(33)29(34)31(26)21-9-7-20(8-10-21)30-13-3-2-4-14-30/h5-12,17,26,32H,2-4,13-16H2,1H3/b27-25-.